The van der Waals surface area contributed by atoms with Gasteiger partial charge in [0, 0.05) is 19.7 Å². The van der Waals surface area contributed by atoms with E-state index in [1.54, 1.807) is 0 Å². The second-order valence-electron chi connectivity index (χ2n) is 3.61. The zero-order valence-corrected chi connectivity index (χ0v) is 10.8. The molecule has 0 radical (unpaired) electrons. The molecule has 2 nitrogen and oxygen atoms in total. The van der Waals surface area contributed by atoms with Crippen molar-refractivity contribution < 1.29 is 0 Å². The fraction of sp³-hybridized carbons (Fsp3) is 0.167. The van der Waals surface area contributed by atoms with Crippen LogP contribution in [0.25, 0.3) is 11.3 Å². The first-order valence-electron chi connectivity index (χ1n) is 4.92. The SMILES string of the molecule is CN(C)c1nc(-c2ccccc2)cc(=S)s1. The molecule has 0 unspecified atom stereocenters. The van der Waals surface area contributed by atoms with Gasteiger partial charge in [0.15, 0.2) is 5.13 Å². The second-order valence-corrected chi connectivity index (χ2v) is 5.31. The maximum Gasteiger partial charge on any atom is 0.186 e. The standard InChI is InChI=1S/C12H12N2S2/c1-14(2)12-13-10(8-11(15)16-12)9-6-4-3-5-7-9/h3-8H,1-2H3. The molecular formula is C12H12N2S2. The Balaban J connectivity index is 2.54. The van der Waals surface area contributed by atoms with E-state index in [2.05, 4.69) is 4.98 Å². The molecule has 0 aliphatic rings. The molecule has 1 aromatic carbocycles. The Morgan fingerprint density at radius 2 is 1.88 bits per heavy atom. The lowest BCUT2D eigenvalue weighted by Crippen LogP contribution is -2.09. The third-order valence-electron chi connectivity index (χ3n) is 2.11. The Morgan fingerprint density at radius 3 is 2.50 bits per heavy atom. The summed E-state index contributed by atoms with van der Waals surface area (Å²) in [6, 6.07) is 12.0. The third-order valence-corrected chi connectivity index (χ3v) is 3.44. The van der Waals surface area contributed by atoms with Gasteiger partial charge in [-0.05, 0) is 6.07 Å². The van der Waals surface area contributed by atoms with E-state index in [1.165, 1.54) is 11.3 Å². The molecule has 0 spiro atoms. The molecule has 0 aliphatic heterocycles. The van der Waals surface area contributed by atoms with Crippen LogP contribution in [0.2, 0.25) is 0 Å². The van der Waals surface area contributed by atoms with Crippen molar-refractivity contribution in [2.24, 2.45) is 0 Å². The first kappa shape index (κ1) is 11.2. The zero-order valence-electron chi connectivity index (χ0n) is 9.18. The van der Waals surface area contributed by atoms with Gasteiger partial charge in [-0.1, -0.05) is 53.9 Å². The van der Waals surface area contributed by atoms with E-state index in [0.29, 0.717) is 0 Å². The van der Waals surface area contributed by atoms with Crippen molar-refractivity contribution >= 4 is 28.7 Å². The molecule has 0 amide bonds. The number of rotatable bonds is 2. The monoisotopic (exact) mass is 248 g/mol. The molecule has 0 saturated heterocycles. The maximum absolute atomic E-state index is 5.26. The van der Waals surface area contributed by atoms with E-state index in [9.17, 15) is 0 Å². The van der Waals surface area contributed by atoms with Gasteiger partial charge in [-0.2, -0.15) is 0 Å². The molecule has 0 atom stereocenters. The molecule has 0 aliphatic carbocycles. The largest absolute Gasteiger partial charge is 0.354 e. The average Bonchev–Trinajstić information content (AvgIpc) is 2.29. The van der Waals surface area contributed by atoms with Crippen molar-refractivity contribution in [1.29, 1.82) is 0 Å². The third kappa shape index (κ3) is 2.46. The van der Waals surface area contributed by atoms with Crippen LogP contribution in [-0.2, 0) is 0 Å². The fourth-order valence-corrected chi connectivity index (χ4v) is 2.35. The summed E-state index contributed by atoms with van der Waals surface area (Å²) in [5.74, 6) is 0. The summed E-state index contributed by atoms with van der Waals surface area (Å²) < 4.78 is 0.859. The predicted octanol–water partition coefficient (Wildman–Crippen LogP) is 3.61. The Morgan fingerprint density at radius 1 is 1.19 bits per heavy atom. The number of benzene rings is 1. The van der Waals surface area contributed by atoms with Crippen molar-refractivity contribution in [2.45, 2.75) is 0 Å². The van der Waals surface area contributed by atoms with Crippen LogP contribution in [0.4, 0.5) is 5.13 Å². The summed E-state index contributed by atoms with van der Waals surface area (Å²) in [7, 11) is 3.95. The minimum absolute atomic E-state index is 0.859. The van der Waals surface area contributed by atoms with E-state index in [1.807, 2.05) is 55.4 Å². The fourth-order valence-electron chi connectivity index (χ4n) is 1.34. The van der Waals surface area contributed by atoms with E-state index in [-0.39, 0.29) is 0 Å². The summed E-state index contributed by atoms with van der Waals surface area (Å²) in [6.07, 6.45) is 0. The number of aromatic nitrogens is 1. The minimum atomic E-state index is 0.859. The van der Waals surface area contributed by atoms with Gasteiger partial charge in [0.2, 0.25) is 0 Å². The van der Waals surface area contributed by atoms with E-state index in [0.717, 1.165) is 20.2 Å². The van der Waals surface area contributed by atoms with E-state index in [4.69, 9.17) is 12.2 Å². The van der Waals surface area contributed by atoms with Gasteiger partial charge in [-0.25, -0.2) is 4.98 Å². The number of nitrogens with zero attached hydrogens (tertiary/aromatic N) is 2. The van der Waals surface area contributed by atoms with Gasteiger partial charge in [-0.15, -0.1) is 0 Å². The van der Waals surface area contributed by atoms with Crippen molar-refractivity contribution in [2.75, 3.05) is 19.0 Å². The van der Waals surface area contributed by atoms with Gasteiger partial charge >= 0.3 is 0 Å². The Bertz CT molecular complexity index is 532. The highest BCUT2D eigenvalue weighted by atomic mass is 32.1. The van der Waals surface area contributed by atoms with Crippen LogP contribution in [0.15, 0.2) is 36.4 Å². The van der Waals surface area contributed by atoms with Gasteiger partial charge in [0.1, 0.15) is 0 Å². The molecule has 82 valence electrons. The van der Waals surface area contributed by atoms with Crippen LogP contribution in [0.1, 0.15) is 0 Å². The normalized spacial score (nSPS) is 10.1. The Hall–Kier alpha value is -1.26. The van der Waals surface area contributed by atoms with Gasteiger partial charge in [-0.3, -0.25) is 0 Å². The molecule has 0 fully saturated rings. The molecule has 0 bridgehead atoms. The second kappa shape index (κ2) is 4.72. The maximum atomic E-state index is 5.26. The van der Waals surface area contributed by atoms with Crippen LogP contribution in [-0.4, -0.2) is 19.1 Å². The number of hydrogen-bond donors (Lipinski definition) is 0. The summed E-state index contributed by atoms with van der Waals surface area (Å²) >= 11 is 6.78. The van der Waals surface area contributed by atoms with Crippen LogP contribution < -0.4 is 4.90 Å². The van der Waals surface area contributed by atoms with Crippen molar-refractivity contribution in [3.05, 3.63) is 40.2 Å². The molecule has 16 heavy (non-hydrogen) atoms. The van der Waals surface area contributed by atoms with Crippen LogP contribution in [0.3, 0.4) is 0 Å². The first-order chi connectivity index (χ1) is 7.66. The number of anilines is 1. The Labute approximate surface area is 104 Å². The minimum Gasteiger partial charge on any atom is -0.354 e. The molecule has 4 heteroatoms. The summed E-state index contributed by atoms with van der Waals surface area (Å²) in [5.41, 5.74) is 2.04. The number of hydrogen-bond acceptors (Lipinski definition) is 4. The van der Waals surface area contributed by atoms with E-state index >= 15 is 0 Å². The van der Waals surface area contributed by atoms with Crippen molar-refractivity contribution in [1.82, 2.24) is 4.98 Å². The molecule has 2 aromatic rings. The summed E-state index contributed by atoms with van der Waals surface area (Å²) in [4.78, 5) is 6.56. The Kier molecular flexibility index (Phi) is 3.31. The smallest absolute Gasteiger partial charge is 0.186 e. The predicted molar refractivity (Wildman–Crippen MR) is 72.7 cm³/mol. The zero-order chi connectivity index (χ0) is 11.5. The molecular weight excluding hydrogens is 236 g/mol. The molecule has 0 saturated carbocycles. The molecule has 1 heterocycles. The van der Waals surface area contributed by atoms with Gasteiger partial charge in [0.25, 0.3) is 0 Å². The van der Waals surface area contributed by atoms with Crippen LogP contribution in [0, 0.1) is 3.82 Å². The summed E-state index contributed by atoms with van der Waals surface area (Å²) in [6.45, 7) is 0. The van der Waals surface area contributed by atoms with Crippen molar-refractivity contribution in [3.63, 3.8) is 0 Å². The molecule has 2 rings (SSSR count). The van der Waals surface area contributed by atoms with Crippen molar-refractivity contribution in [3.8, 4) is 11.3 Å². The van der Waals surface area contributed by atoms with Crippen LogP contribution >= 0.6 is 23.6 Å². The lowest BCUT2D eigenvalue weighted by atomic mass is 10.2. The quantitative estimate of drug-likeness (QED) is 0.755. The van der Waals surface area contributed by atoms with Crippen LogP contribution in [0.5, 0.6) is 0 Å². The van der Waals surface area contributed by atoms with Gasteiger partial charge in [0.05, 0.1) is 9.52 Å². The molecule has 0 N–H and O–H groups in total. The highest BCUT2D eigenvalue weighted by Crippen LogP contribution is 2.24. The molecule has 1 aromatic heterocycles. The summed E-state index contributed by atoms with van der Waals surface area (Å²) in [5, 5.41) is 0.936. The first-order valence-corrected chi connectivity index (χ1v) is 6.14. The highest BCUT2D eigenvalue weighted by Gasteiger charge is 2.03. The lowest BCUT2D eigenvalue weighted by molar-refractivity contribution is 1.10. The van der Waals surface area contributed by atoms with E-state index < -0.39 is 0 Å². The average molecular weight is 248 g/mol. The lowest BCUT2D eigenvalue weighted by Gasteiger charge is -2.11. The topological polar surface area (TPSA) is 16.1 Å². The highest BCUT2D eigenvalue weighted by molar-refractivity contribution is 7.73. The van der Waals surface area contributed by atoms with Gasteiger partial charge < -0.3 is 4.90 Å².